The Morgan fingerprint density at radius 2 is 2.04 bits per heavy atom. The molecule has 0 aliphatic carbocycles. The van der Waals surface area contributed by atoms with Crippen molar-refractivity contribution in [1.29, 1.82) is 0 Å². The fraction of sp³-hybridized carbons (Fsp3) is 0.214. The molecule has 10 heteroatoms. The number of nitrogens with zero attached hydrogens (tertiary/aromatic N) is 2. The number of nitro groups is 1. The Kier molecular flexibility index (Phi) is 4.49. The SMILES string of the molecule is CC(C)OC(=O)c1cc(O)c(O)c([N+](=O)[O-])c1C(=O)c1ccno1. The molecule has 0 saturated heterocycles. The summed E-state index contributed by atoms with van der Waals surface area (Å²) in [6.07, 6.45) is 0.548. The number of ketones is 1. The normalized spacial score (nSPS) is 10.6. The van der Waals surface area contributed by atoms with Crippen LogP contribution in [0.3, 0.4) is 0 Å². The first kappa shape index (κ1) is 16.9. The van der Waals surface area contributed by atoms with Gasteiger partial charge in [-0.2, -0.15) is 0 Å². The van der Waals surface area contributed by atoms with Crippen LogP contribution in [0.25, 0.3) is 0 Å². The highest BCUT2D eigenvalue weighted by Crippen LogP contribution is 2.41. The van der Waals surface area contributed by atoms with E-state index in [0.29, 0.717) is 0 Å². The van der Waals surface area contributed by atoms with E-state index >= 15 is 0 Å². The minimum Gasteiger partial charge on any atom is -0.504 e. The number of benzene rings is 1. The third-order valence-electron chi connectivity index (χ3n) is 2.89. The van der Waals surface area contributed by atoms with Gasteiger partial charge in [-0.25, -0.2) is 4.79 Å². The van der Waals surface area contributed by atoms with Crippen molar-refractivity contribution in [2.75, 3.05) is 0 Å². The van der Waals surface area contributed by atoms with Crippen LogP contribution in [0.5, 0.6) is 11.5 Å². The number of nitro benzene ring substituents is 1. The molecule has 2 N–H and O–H groups in total. The average Bonchev–Trinajstić information content (AvgIpc) is 3.01. The molecule has 0 atom stereocenters. The van der Waals surface area contributed by atoms with Crippen molar-refractivity contribution in [1.82, 2.24) is 5.16 Å². The number of carbonyl (C=O) groups excluding carboxylic acids is 2. The molecule has 0 radical (unpaired) electrons. The van der Waals surface area contributed by atoms with E-state index in [1.54, 1.807) is 0 Å². The number of ether oxygens (including phenoxy) is 1. The molecule has 0 amide bonds. The average molecular weight is 336 g/mol. The molecular formula is C14H12N2O8. The van der Waals surface area contributed by atoms with Crippen LogP contribution in [-0.4, -0.2) is 38.1 Å². The van der Waals surface area contributed by atoms with E-state index in [1.165, 1.54) is 13.8 Å². The van der Waals surface area contributed by atoms with Crippen molar-refractivity contribution in [3.8, 4) is 11.5 Å². The van der Waals surface area contributed by atoms with E-state index in [9.17, 15) is 29.9 Å². The lowest BCUT2D eigenvalue weighted by molar-refractivity contribution is -0.386. The van der Waals surface area contributed by atoms with Gasteiger partial charge in [0.05, 0.1) is 22.8 Å². The number of aromatic hydroxyl groups is 2. The fourth-order valence-electron chi connectivity index (χ4n) is 1.95. The molecule has 10 nitrogen and oxygen atoms in total. The second-order valence-corrected chi connectivity index (χ2v) is 4.93. The predicted octanol–water partition coefficient (Wildman–Crippen LogP) is 1.79. The summed E-state index contributed by atoms with van der Waals surface area (Å²) in [6.45, 7) is 3.06. The zero-order chi connectivity index (χ0) is 18.0. The molecule has 0 spiro atoms. The Bertz CT molecular complexity index is 811. The first-order valence-electron chi connectivity index (χ1n) is 6.63. The van der Waals surface area contributed by atoms with Gasteiger partial charge in [-0.05, 0) is 19.9 Å². The second-order valence-electron chi connectivity index (χ2n) is 4.93. The summed E-state index contributed by atoms with van der Waals surface area (Å²) in [5.74, 6) is -4.62. The van der Waals surface area contributed by atoms with Crippen molar-refractivity contribution in [2.45, 2.75) is 20.0 Å². The highest BCUT2D eigenvalue weighted by atomic mass is 16.6. The van der Waals surface area contributed by atoms with E-state index in [0.717, 1.165) is 18.3 Å². The lowest BCUT2D eigenvalue weighted by Crippen LogP contribution is -2.17. The maximum absolute atomic E-state index is 12.5. The molecule has 2 rings (SSSR count). The van der Waals surface area contributed by atoms with Gasteiger partial charge < -0.3 is 19.5 Å². The summed E-state index contributed by atoms with van der Waals surface area (Å²) < 4.78 is 9.57. The topological polar surface area (TPSA) is 153 Å². The second kappa shape index (κ2) is 6.36. The monoisotopic (exact) mass is 336 g/mol. The number of hydrogen-bond donors (Lipinski definition) is 2. The summed E-state index contributed by atoms with van der Waals surface area (Å²) in [4.78, 5) is 34.8. The Morgan fingerprint density at radius 1 is 1.38 bits per heavy atom. The maximum Gasteiger partial charge on any atom is 0.339 e. The van der Waals surface area contributed by atoms with Gasteiger partial charge in [-0.3, -0.25) is 14.9 Å². The Balaban J connectivity index is 2.76. The lowest BCUT2D eigenvalue weighted by Gasteiger charge is -2.12. The molecular weight excluding hydrogens is 324 g/mol. The molecule has 2 aromatic rings. The third-order valence-corrected chi connectivity index (χ3v) is 2.89. The molecule has 24 heavy (non-hydrogen) atoms. The zero-order valence-corrected chi connectivity index (χ0v) is 12.5. The summed E-state index contributed by atoms with van der Waals surface area (Å²) in [6, 6.07) is 1.85. The van der Waals surface area contributed by atoms with Gasteiger partial charge in [-0.1, -0.05) is 5.16 Å². The van der Waals surface area contributed by atoms with Gasteiger partial charge in [0.1, 0.15) is 5.56 Å². The summed E-state index contributed by atoms with van der Waals surface area (Å²) in [7, 11) is 0. The van der Waals surface area contributed by atoms with Crippen molar-refractivity contribution in [2.24, 2.45) is 0 Å². The van der Waals surface area contributed by atoms with Crippen LogP contribution < -0.4 is 0 Å². The Morgan fingerprint density at radius 3 is 2.54 bits per heavy atom. The lowest BCUT2D eigenvalue weighted by atomic mass is 9.98. The quantitative estimate of drug-likeness (QED) is 0.273. The molecule has 0 aliphatic rings. The van der Waals surface area contributed by atoms with Crippen LogP contribution in [-0.2, 0) is 4.74 Å². The van der Waals surface area contributed by atoms with Crippen LogP contribution in [0.4, 0.5) is 5.69 Å². The molecule has 0 bridgehead atoms. The standard InChI is InChI=1S/C14H12N2O8/c1-6(2)23-14(20)7-5-8(17)12(18)11(16(21)22)10(7)13(19)9-3-4-15-24-9/h3-6,17-18H,1-2H3. The van der Waals surface area contributed by atoms with Crippen molar-refractivity contribution < 1.29 is 34.0 Å². The van der Waals surface area contributed by atoms with Gasteiger partial charge in [0.15, 0.2) is 5.75 Å². The van der Waals surface area contributed by atoms with E-state index in [2.05, 4.69) is 9.68 Å². The predicted molar refractivity (Wildman–Crippen MR) is 76.9 cm³/mol. The van der Waals surface area contributed by atoms with Crippen molar-refractivity contribution in [3.05, 3.63) is 45.3 Å². The van der Waals surface area contributed by atoms with Gasteiger partial charge in [0.2, 0.25) is 17.3 Å². The first-order chi connectivity index (χ1) is 11.2. The highest BCUT2D eigenvalue weighted by molar-refractivity contribution is 6.16. The number of carbonyl (C=O) groups is 2. The molecule has 0 unspecified atom stereocenters. The van der Waals surface area contributed by atoms with Crippen LogP contribution in [0.1, 0.15) is 40.3 Å². The summed E-state index contributed by atoms with van der Waals surface area (Å²) in [5.41, 5.74) is -2.48. The number of phenols is 2. The molecule has 1 aromatic carbocycles. The molecule has 1 heterocycles. The Labute approximate surface area is 134 Å². The Hall–Kier alpha value is -3.43. The largest absolute Gasteiger partial charge is 0.504 e. The minimum atomic E-state index is -1.15. The van der Waals surface area contributed by atoms with Crippen LogP contribution in [0.2, 0.25) is 0 Å². The van der Waals surface area contributed by atoms with E-state index in [-0.39, 0.29) is 5.76 Å². The van der Waals surface area contributed by atoms with E-state index in [4.69, 9.17) is 4.74 Å². The number of phenolic OH excluding ortho intramolecular Hbond substituents is 2. The molecule has 0 aliphatic heterocycles. The van der Waals surface area contributed by atoms with E-state index in [1.807, 2.05) is 0 Å². The zero-order valence-electron chi connectivity index (χ0n) is 12.5. The number of esters is 1. The van der Waals surface area contributed by atoms with Gasteiger partial charge >= 0.3 is 11.7 Å². The van der Waals surface area contributed by atoms with Crippen molar-refractivity contribution in [3.63, 3.8) is 0 Å². The number of rotatable bonds is 5. The molecule has 0 saturated carbocycles. The molecule has 1 aromatic heterocycles. The van der Waals surface area contributed by atoms with Gasteiger partial charge in [0, 0.05) is 6.07 Å². The fourth-order valence-corrected chi connectivity index (χ4v) is 1.95. The third kappa shape index (κ3) is 3.02. The van der Waals surface area contributed by atoms with E-state index < -0.39 is 51.1 Å². The minimum absolute atomic E-state index is 0.387. The van der Waals surface area contributed by atoms with Crippen molar-refractivity contribution >= 4 is 17.4 Å². The number of hydrogen-bond acceptors (Lipinski definition) is 9. The van der Waals surface area contributed by atoms with Crippen LogP contribution in [0.15, 0.2) is 22.9 Å². The first-order valence-corrected chi connectivity index (χ1v) is 6.63. The molecule has 0 fully saturated rings. The molecule has 126 valence electrons. The van der Waals surface area contributed by atoms with Crippen LogP contribution in [0, 0.1) is 10.1 Å². The number of aromatic nitrogens is 1. The maximum atomic E-state index is 12.5. The smallest absolute Gasteiger partial charge is 0.339 e. The van der Waals surface area contributed by atoms with Gasteiger partial charge in [0.25, 0.3) is 0 Å². The van der Waals surface area contributed by atoms with Crippen LogP contribution >= 0.6 is 0 Å². The summed E-state index contributed by atoms with van der Waals surface area (Å²) >= 11 is 0. The highest BCUT2D eigenvalue weighted by Gasteiger charge is 2.36. The summed E-state index contributed by atoms with van der Waals surface area (Å²) in [5, 5.41) is 33.9. The van der Waals surface area contributed by atoms with Gasteiger partial charge in [-0.15, -0.1) is 0 Å².